The van der Waals surface area contributed by atoms with Crippen LogP contribution in [0.1, 0.15) is 56.9 Å². The molecule has 314 valence electrons. The third kappa shape index (κ3) is 20.0. The monoisotopic (exact) mass is 819 g/mol. The minimum atomic E-state index is -1.68. The van der Waals surface area contributed by atoms with Crippen LogP contribution in [0.25, 0.3) is 0 Å². The molecular formula is C35H53N11O10S. The molecule has 2 rings (SSSR count). The van der Waals surface area contributed by atoms with Crippen molar-refractivity contribution in [2.75, 3.05) is 38.5 Å². The molecule has 13 N–H and O–H groups in total. The van der Waals surface area contributed by atoms with E-state index in [-0.39, 0.29) is 75.8 Å². The Morgan fingerprint density at radius 2 is 1.23 bits per heavy atom. The van der Waals surface area contributed by atoms with E-state index in [9.17, 15) is 48.3 Å². The highest BCUT2D eigenvalue weighted by atomic mass is 32.1. The minimum absolute atomic E-state index is 0.00500. The number of carboxylic acids is 1. The van der Waals surface area contributed by atoms with Gasteiger partial charge < -0.3 is 59.1 Å². The van der Waals surface area contributed by atoms with Crippen molar-refractivity contribution in [1.29, 1.82) is 0 Å². The summed E-state index contributed by atoms with van der Waals surface area (Å²) in [5, 5.41) is 29.5. The maximum Gasteiger partial charge on any atom is 0.305 e. The number of nitrogens with two attached hydrogens (primary N) is 2. The predicted octanol–water partition coefficient (Wildman–Crippen LogP) is -3.94. The number of thiol groups is 1. The normalized spacial score (nSPS) is 19.8. The largest absolute Gasteiger partial charge is 0.481 e. The fraction of sp³-hybridized carbons (Fsp3) is 0.543. The van der Waals surface area contributed by atoms with E-state index in [1.807, 2.05) is 0 Å². The van der Waals surface area contributed by atoms with E-state index in [2.05, 4.69) is 60.2 Å². The fourth-order valence-electron chi connectivity index (χ4n) is 5.40. The third-order valence-electron chi connectivity index (χ3n) is 8.28. The lowest BCUT2D eigenvalue weighted by atomic mass is 10.0. The van der Waals surface area contributed by atoms with Crippen LogP contribution in [-0.2, 0) is 49.6 Å². The van der Waals surface area contributed by atoms with E-state index in [0.717, 1.165) is 0 Å². The molecular weight excluding hydrogens is 767 g/mol. The molecule has 0 spiro atoms. The predicted molar refractivity (Wildman–Crippen MR) is 209 cm³/mol. The molecule has 0 saturated carbocycles. The van der Waals surface area contributed by atoms with Gasteiger partial charge in [-0.2, -0.15) is 12.6 Å². The van der Waals surface area contributed by atoms with Gasteiger partial charge >= 0.3 is 5.97 Å². The summed E-state index contributed by atoms with van der Waals surface area (Å²) in [4.78, 5) is 119. The number of unbranched alkanes of at least 4 members (excludes halogenated alkanes) is 1. The molecule has 1 aromatic carbocycles. The zero-order valence-corrected chi connectivity index (χ0v) is 32.4. The maximum atomic E-state index is 13.8. The molecule has 4 atom stereocenters. The number of guanidine groups is 1. The summed E-state index contributed by atoms with van der Waals surface area (Å²) < 4.78 is 0. The van der Waals surface area contributed by atoms with Gasteiger partial charge in [-0.1, -0.05) is 30.3 Å². The SMILES string of the molecule is NC(N)=NCCC[C@@H]1NC(=O)CNC(=O)[C@H](CCCCNC(=O)CCC(=O)NCCS)NC(=O)[C@@H](Cc2ccccc2)NC(=O)[C@H](CC(=O)O)NC(=O)CNC1=O. The Morgan fingerprint density at radius 1 is 0.702 bits per heavy atom. The number of carbonyl (C=O) groups excluding carboxylic acids is 8. The van der Waals surface area contributed by atoms with Crippen LogP contribution in [0.2, 0.25) is 0 Å². The van der Waals surface area contributed by atoms with E-state index < -0.39 is 85.1 Å². The van der Waals surface area contributed by atoms with Crippen molar-refractivity contribution in [1.82, 2.24) is 42.5 Å². The van der Waals surface area contributed by atoms with Crippen LogP contribution in [0.5, 0.6) is 0 Å². The lowest BCUT2D eigenvalue weighted by Gasteiger charge is -2.26. The van der Waals surface area contributed by atoms with E-state index in [1.54, 1.807) is 30.3 Å². The number of benzene rings is 1. The van der Waals surface area contributed by atoms with Crippen LogP contribution in [-0.4, -0.2) is 127 Å². The van der Waals surface area contributed by atoms with Crippen LogP contribution < -0.4 is 54.0 Å². The molecule has 21 nitrogen and oxygen atoms in total. The summed E-state index contributed by atoms with van der Waals surface area (Å²) in [5.41, 5.74) is 11.3. The molecule has 1 aliphatic heterocycles. The van der Waals surface area contributed by atoms with E-state index in [1.165, 1.54) is 0 Å². The van der Waals surface area contributed by atoms with Crippen LogP contribution in [0, 0.1) is 0 Å². The molecule has 1 aliphatic rings. The molecule has 8 amide bonds. The number of rotatable bonds is 18. The van der Waals surface area contributed by atoms with E-state index in [0.29, 0.717) is 24.3 Å². The minimum Gasteiger partial charge on any atom is -0.481 e. The summed E-state index contributed by atoms with van der Waals surface area (Å²) in [7, 11) is 0. The van der Waals surface area contributed by atoms with Gasteiger partial charge in [0.25, 0.3) is 0 Å². The molecule has 1 fully saturated rings. The van der Waals surface area contributed by atoms with E-state index in [4.69, 9.17) is 11.5 Å². The summed E-state index contributed by atoms with van der Waals surface area (Å²) in [6, 6.07) is 2.97. The number of hydrogen-bond donors (Lipinski definition) is 12. The molecule has 22 heteroatoms. The standard InChI is InChI=1S/C35H53N11O10S/c36-35(37)40-14-6-10-22-31(53)41-20-29(50)44-25(18-30(51)52)34(56)46-24(17-21-7-2-1-3-8-21)33(55)45-23(32(54)42-19-28(49)43-22)9-4-5-13-38-26(47)11-12-27(48)39-15-16-57/h1-3,7-8,22-25,57H,4-6,9-20H2,(H,38,47)(H,39,48)(H,41,53)(H,42,54)(H,43,49)(H,44,50)(H,45,55)(H,46,56)(H,51,52)(H4,36,37,40)/t22-,23-,24+,25-/m0/s1. The Bertz CT molecular complexity index is 1590. The first-order valence-corrected chi connectivity index (χ1v) is 19.0. The zero-order chi connectivity index (χ0) is 42.2. The Hall–Kier alpha value is -5.93. The topological polar surface area (TPSA) is 334 Å². The number of carboxylic acid groups (broad SMARTS) is 1. The van der Waals surface area contributed by atoms with Gasteiger partial charge in [0.15, 0.2) is 5.96 Å². The number of nitrogens with zero attached hydrogens (tertiary/aromatic N) is 1. The van der Waals surface area contributed by atoms with Crippen LogP contribution >= 0.6 is 12.6 Å². The number of aliphatic carboxylic acids is 1. The average molecular weight is 820 g/mol. The summed E-state index contributed by atoms with van der Waals surface area (Å²) in [5.74, 6) is -6.94. The molecule has 57 heavy (non-hydrogen) atoms. The second-order valence-electron chi connectivity index (χ2n) is 13.0. The van der Waals surface area contributed by atoms with Crippen LogP contribution in [0.4, 0.5) is 0 Å². The molecule has 1 saturated heterocycles. The van der Waals surface area contributed by atoms with Gasteiger partial charge in [-0.05, 0) is 37.7 Å². The van der Waals surface area contributed by atoms with Crippen molar-refractivity contribution in [3.8, 4) is 0 Å². The molecule has 0 bridgehead atoms. The Balaban J connectivity index is 2.32. The lowest BCUT2D eigenvalue weighted by Crippen LogP contribution is -2.59. The molecule has 0 aliphatic carbocycles. The Kier molecular flexibility index (Phi) is 21.6. The number of hydrogen-bond acceptors (Lipinski definition) is 11. The fourth-order valence-corrected chi connectivity index (χ4v) is 5.51. The molecule has 0 aromatic heterocycles. The first kappa shape index (κ1) is 47.2. The number of aliphatic imine (C=N–C) groups is 1. The summed E-state index contributed by atoms with van der Waals surface area (Å²) >= 11 is 4.01. The molecule has 1 aromatic rings. The van der Waals surface area contributed by atoms with Crippen LogP contribution in [0.3, 0.4) is 0 Å². The molecule has 0 radical (unpaired) electrons. The van der Waals surface area contributed by atoms with Gasteiger partial charge in [-0.25, -0.2) is 0 Å². The quantitative estimate of drug-likeness (QED) is 0.0292. The highest BCUT2D eigenvalue weighted by Gasteiger charge is 2.32. The first-order valence-electron chi connectivity index (χ1n) is 18.4. The second-order valence-corrected chi connectivity index (χ2v) is 13.4. The third-order valence-corrected chi connectivity index (χ3v) is 8.50. The van der Waals surface area contributed by atoms with Crippen molar-refractivity contribution in [2.24, 2.45) is 16.5 Å². The Morgan fingerprint density at radius 3 is 1.81 bits per heavy atom. The average Bonchev–Trinajstić information content (AvgIpc) is 3.17. The van der Waals surface area contributed by atoms with Crippen molar-refractivity contribution in [3.05, 3.63) is 35.9 Å². The van der Waals surface area contributed by atoms with Gasteiger partial charge in [0.1, 0.15) is 24.2 Å². The highest BCUT2D eigenvalue weighted by Crippen LogP contribution is 2.08. The number of carbonyl (C=O) groups is 9. The number of nitrogens with one attached hydrogen (secondary N) is 8. The first-order chi connectivity index (χ1) is 27.2. The maximum absolute atomic E-state index is 13.8. The van der Waals surface area contributed by atoms with Gasteiger partial charge in [-0.15, -0.1) is 0 Å². The van der Waals surface area contributed by atoms with Crippen molar-refractivity contribution >= 4 is 71.8 Å². The van der Waals surface area contributed by atoms with Crippen molar-refractivity contribution < 1.29 is 48.3 Å². The van der Waals surface area contributed by atoms with Gasteiger partial charge in [-0.3, -0.25) is 48.1 Å². The lowest BCUT2D eigenvalue weighted by molar-refractivity contribution is -0.141. The highest BCUT2D eigenvalue weighted by molar-refractivity contribution is 7.80. The van der Waals surface area contributed by atoms with Gasteiger partial charge in [0.05, 0.1) is 19.5 Å². The van der Waals surface area contributed by atoms with Crippen molar-refractivity contribution in [3.63, 3.8) is 0 Å². The van der Waals surface area contributed by atoms with Gasteiger partial charge in [0.2, 0.25) is 47.3 Å². The Labute approximate surface area is 334 Å². The number of amides is 8. The van der Waals surface area contributed by atoms with Crippen LogP contribution in [0.15, 0.2) is 35.3 Å². The zero-order valence-electron chi connectivity index (χ0n) is 31.5. The molecule has 0 unspecified atom stereocenters. The molecule has 1 heterocycles. The van der Waals surface area contributed by atoms with Crippen molar-refractivity contribution in [2.45, 2.75) is 82.0 Å². The summed E-state index contributed by atoms with van der Waals surface area (Å²) in [6.07, 6.45) is -0.124. The smallest absolute Gasteiger partial charge is 0.305 e. The second kappa shape index (κ2) is 26.0. The van der Waals surface area contributed by atoms with E-state index >= 15 is 0 Å². The van der Waals surface area contributed by atoms with Gasteiger partial charge in [0, 0.05) is 44.6 Å². The summed E-state index contributed by atoms with van der Waals surface area (Å²) in [6.45, 7) is -0.635.